The molecule has 3 rings (SSSR count). The average Bonchev–Trinajstić information content (AvgIpc) is 3.03. The van der Waals surface area contributed by atoms with Gasteiger partial charge >= 0.3 is 6.03 Å². The minimum Gasteiger partial charge on any atom is -0.494 e. The molecule has 4 nitrogen and oxygen atoms in total. The van der Waals surface area contributed by atoms with Crippen molar-refractivity contribution < 1.29 is 9.53 Å². The Balaban J connectivity index is 1.47. The van der Waals surface area contributed by atoms with Crippen LogP contribution in [0.1, 0.15) is 12.0 Å². The van der Waals surface area contributed by atoms with E-state index in [-0.39, 0.29) is 6.03 Å². The van der Waals surface area contributed by atoms with E-state index in [0.717, 1.165) is 30.8 Å². The van der Waals surface area contributed by atoms with Crippen molar-refractivity contribution in [3.8, 4) is 5.75 Å². The lowest BCUT2D eigenvalue weighted by molar-refractivity contribution is 0.210. The molecule has 1 heterocycles. The first kappa shape index (κ1) is 15.4. The van der Waals surface area contributed by atoms with E-state index < -0.39 is 0 Å². The van der Waals surface area contributed by atoms with Crippen LogP contribution in [-0.4, -0.2) is 37.7 Å². The Kier molecular flexibility index (Phi) is 4.81. The van der Waals surface area contributed by atoms with Crippen LogP contribution in [0.5, 0.6) is 5.75 Å². The standard InChI is InChI=1S/C19H22N2O2/c1-20(13-7-15-23-17-9-3-2-4-10-17)19(22)21-14-12-16-8-5-6-11-18(16)21/h2-6,8-11H,7,12-15H2,1H3. The molecule has 0 bridgehead atoms. The van der Waals surface area contributed by atoms with Crippen molar-refractivity contribution in [1.82, 2.24) is 4.90 Å². The number of anilines is 1. The summed E-state index contributed by atoms with van der Waals surface area (Å²) in [5.41, 5.74) is 2.30. The highest BCUT2D eigenvalue weighted by atomic mass is 16.5. The van der Waals surface area contributed by atoms with Gasteiger partial charge in [0.25, 0.3) is 0 Å². The zero-order valence-corrected chi connectivity index (χ0v) is 13.4. The topological polar surface area (TPSA) is 32.8 Å². The molecule has 4 heteroatoms. The lowest BCUT2D eigenvalue weighted by atomic mass is 10.2. The second-order valence-corrected chi connectivity index (χ2v) is 5.75. The van der Waals surface area contributed by atoms with Gasteiger partial charge in [-0.1, -0.05) is 36.4 Å². The summed E-state index contributed by atoms with van der Waals surface area (Å²) in [7, 11) is 1.85. The molecule has 0 fully saturated rings. The summed E-state index contributed by atoms with van der Waals surface area (Å²) < 4.78 is 5.67. The number of hydrogen-bond acceptors (Lipinski definition) is 2. The number of para-hydroxylation sites is 2. The molecule has 2 aromatic rings. The van der Waals surface area contributed by atoms with Gasteiger partial charge in [-0.25, -0.2) is 4.79 Å². The minimum absolute atomic E-state index is 0.0645. The highest BCUT2D eigenvalue weighted by Crippen LogP contribution is 2.28. The molecule has 120 valence electrons. The zero-order chi connectivity index (χ0) is 16.1. The zero-order valence-electron chi connectivity index (χ0n) is 13.4. The maximum absolute atomic E-state index is 12.6. The quantitative estimate of drug-likeness (QED) is 0.791. The van der Waals surface area contributed by atoms with Gasteiger partial charge in [-0.3, -0.25) is 4.90 Å². The molecule has 1 aliphatic rings. The van der Waals surface area contributed by atoms with Crippen LogP contribution in [-0.2, 0) is 6.42 Å². The lowest BCUT2D eigenvalue weighted by Gasteiger charge is -2.25. The molecule has 23 heavy (non-hydrogen) atoms. The number of rotatable bonds is 5. The fraction of sp³-hybridized carbons (Fsp3) is 0.316. The molecule has 0 aliphatic carbocycles. The van der Waals surface area contributed by atoms with E-state index in [1.54, 1.807) is 4.90 Å². The highest BCUT2D eigenvalue weighted by Gasteiger charge is 2.26. The molecule has 1 aliphatic heterocycles. The van der Waals surface area contributed by atoms with E-state index in [1.165, 1.54) is 5.56 Å². The SMILES string of the molecule is CN(CCCOc1ccccc1)C(=O)N1CCc2ccccc21. The third-order valence-corrected chi connectivity index (χ3v) is 4.09. The summed E-state index contributed by atoms with van der Waals surface area (Å²) in [6.07, 6.45) is 1.75. The van der Waals surface area contributed by atoms with Crippen molar-refractivity contribution >= 4 is 11.7 Å². The number of hydrogen-bond donors (Lipinski definition) is 0. The number of nitrogens with zero attached hydrogens (tertiary/aromatic N) is 2. The van der Waals surface area contributed by atoms with E-state index in [0.29, 0.717) is 13.2 Å². The minimum atomic E-state index is 0.0645. The molecule has 0 spiro atoms. The van der Waals surface area contributed by atoms with Crippen molar-refractivity contribution in [2.24, 2.45) is 0 Å². The summed E-state index contributed by atoms with van der Waals surface area (Å²) in [6, 6.07) is 17.9. The predicted octanol–water partition coefficient (Wildman–Crippen LogP) is 3.57. The first-order valence-corrected chi connectivity index (χ1v) is 8.04. The van der Waals surface area contributed by atoms with Crippen molar-refractivity contribution in [3.63, 3.8) is 0 Å². The Labute approximate surface area is 137 Å². The normalized spacial score (nSPS) is 12.8. The number of fused-ring (bicyclic) bond motifs is 1. The number of amides is 2. The molecule has 0 N–H and O–H groups in total. The molecule has 0 saturated heterocycles. The van der Waals surface area contributed by atoms with Gasteiger partial charge in [-0.05, 0) is 36.6 Å². The van der Waals surface area contributed by atoms with Crippen LogP contribution in [0.3, 0.4) is 0 Å². The van der Waals surface area contributed by atoms with Gasteiger partial charge in [0.05, 0.1) is 6.61 Å². The van der Waals surface area contributed by atoms with Crippen LogP contribution in [0.15, 0.2) is 54.6 Å². The van der Waals surface area contributed by atoms with Crippen LogP contribution in [0.2, 0.25) is 0 Å². The van der Waals surface area contributed by atoms with Gasteiger partial charge in [-0.15, -0.1) is 0 Å². The number of urea groups is 1. The second-order valence-electron chi connectivity index (χ2n) is 5.75. The molecule has 0 radical (unpaired) electrons. The van der Waals surface area contributed by atoms with E-state index in [1.807, 2.05) is 60.5 Å². The molecular formula is C19H22N2O2. The third kappa shape index (κ3) is 3.65. The molecule has 0 unspecified atom stereocenters. The van der Waals surface area contributed by atoms with Gasteiger partial charge < -0.3 is 9.64 Å². The van der Waals surface area contributed by atoms with Crippen molar-refractivity contribution in [1.29, 1.82) is 0 Å². The van der Waals surface area contributed by atoms with Crippen molar-refractivity contribution in [2.45, 2.75) is 12.8 Å². The summed E-state index contributed by atoms with van der Waals surface area (Å²) in [5, 5.41) is 0. The molecule has 0 atom stereocenters. The smallest absolute Gasteiger partial charge is 0.324 e. The number of carbonyl (C=O) groups excluding carboxylic acids is 1. The lowest BCUT2D eigenvalue weighted by Crippen LogP contribution is -2.41. The van der Waals surface area contributed by atoms with Crippen LogP contribution >= 0.6 is 0 Å². The van der Waals surface area contributed by atoms with Crippen LogP contribution in [0.25, 0.3) is 0 Å². The van der Waals surface area contributed by atoms with Crippen molar-refractivity contribution in [2.75, 3.05) is 31.6 Å². The second kappa shape index (κ2) is 7.18. The van der Waals surface area contributed by atoms with Crippen LogP contribution in [0.4, 0.5) is 10.5 Å². The Hall–Kier alpha value is -2.49. The summed E-state index contributed by atoms with van der Waals surface area (Å²) in [6.45, 7) is 2.06. The first-order valence-electron chi connectivity index (χ1n) is 8.04. The van der Waals surface area contributed by atoms with Gasteiger partial charge in [0, 0.05) is 25.8 Å². The largest absolute Gasteiger partial charge is 0.494 e. The van der Waals surface area contributed by atoms with Gasteiger partial charge in [0.15, 0.2) is 0 Å². The van der Waals surface area contributed by atoms with Crippen LogP contribution < -0.4 is 9.64 Å². The molecule has 2 amide bonds. The number of carbonyl (C=O) groups is 1. The number of benzene rings is 2. The maximum atomic E-state index is 12.6. The Morgan fingerprint density at radius 3 is 2.70 bits per heavy atom. The summed E-state index contributed by atoms with van der Waals surface area (Å²) in [5.74, 6) is 0.870. The van der Waals surface area contributed by atoms with E-state index in [9.17, 15) is 4.79 Å². The fourth-order valence-corrected chi connectivity index (χ4v) is 2.85. The maximum Gasteiger partial charge on any atom is 0.324 e. The third-order valence-electron chi connectivity index (χ3n) is 4.09. The average molecular weight is 310 g/mol. The molecule has 0 aromatic heterocycles. The molecular weight excluding hydrogens is 288 g/mol. The van der Waals surface area contributed by atoms with Crippen LogP contribution in [0, 0.1) is 0 Å². The Bertz CT molecular complexity index is 657. The number of ether oxygens (including phenoxy) is 1. The molecule has 0 saturated carbocycles. The first-order chi connectivity index (χ1) is 11.3. The van der Waals surface area contributed by atoms with E-state index in [2.05, 4.69) is 6.07 Å². The van der Waals surface area contributed by atoms with Gasteiger partial charge in [-0.2, -0.15) is 0 Å². The van der Waals surface area contributed by atoms with Gasteiger partial charge in [0.1, 0.15) is 5.75 Å². The summed E-state index contributed by atoms with van der Waals surface area (Å²) >= 11 is 0. The fourth-order valence-electron chi connectivity index (χ4n) is 2.85. The monoisotopic (exact) mass is 310 g/mol. The predicted molar refractivity (Wildman–Crippen MR) is 92.1 cm³/mol. The Morgan fingerprint density at radius 1 is 1.13 bits per heavy atom. The van der Waals surface area contributed by atoms with Gasteiger partial charge in [0.2, 0.25) is 0 Å². The summed E-state index contributed by atoms with van der Waals surface area (Å²) in [4.78, 5) is 16.2. The Morgan fingerprint density at radius 2 is 1.87 bits per heavy atom. The van der Waals surface area contributed by atoms with Crippen molar-refractivity contribution in [3.05, 3.63) is 60.2 Å². The molecule has 2 aromatic carbocycles. The van der Waals surface area contributed by atoms with E-state index >= 15 is 0 Å². The highest BCUT2D eigenvalue weighted by molar-refractivity contribution is 5.94. The van der Waals surface area contributed by atoms with E-state index in [4.69, 9.17) is 4.74 Å².